The number of aromatic nitrogens is 6. The van der Waals surface area contributed by atoms with Gasteiger partial charge in [-0.25, -0.2) is 14.4 Å². The second-order valence-corrected chi connectivity index (χ2v) is 29.4. The molecule has 582 valence electrons. The van der Waals surface area contributed by atoms with Crippen LogP contribution >= 0.6 is 11.6 Å². The third kappa shape index (κ3) is 20.3. The van der Waals surface area contributed by atoms with E-state index in [4.69, 9.17) is 26.8 Å². The number of ketones is 1. The van der Waals surface area contributed by atoms with Gasteiger partial charge in [0.2, 0.25) is 0 Å². The molecule has 0 spiro atoms. The van der Waals surface area contributed by atoms with E-state index in [-0.39, 0.29) is 52.6 Å². The Morgan fingerprint density at radius 2 is 0.851 bits per heavy atom. The zero-order valence-electron chi connectivity index (χ0n) is 66.1. The third-order valence-corrected chi connectivity index (χ3v) is 18.6. The summed E-state index contributed by atoms with van der Waals surface area (Å²) in [7, 11) is 0. The molecule has 0 bridgehead atoms. The summed E-state index contributed by atoms with van der Waals surface area (Å²) in [6.45, 7) is 26.0. The lowest BCUT2D eigenvalue weighted by atomic mass is 9.99. The van der Waals surface area contributed by atoms with E-state index < -0.39 is 28.4 Å². The quantitative estimate of drug-likeness (QED) is 0.0329. The van der Waals surface area contributed by atoms with Gasteiger partial charge in [0.25, 0.3) is 34.1 Å². The number of fused-ring (bicyclic) bond motifs is 4. The number of aryl methyl sites for hydroxylation is 5. The zero-order valence-corrected chi connectivity index (χ0v) is 66.9. The zero-order chi connectivity index (χ0) is 83.0. The first-order valence-corrected chi connectivity index (χ1v) is 37.1. The molecule has 0 radical (unpaired) electrons. The molecule has 0 saturated heterocycles. The topological polar surface area (TPSA) is 298 Å². The van der Waals surface area contributed by atoms with E-state index >= 15 is 0 Å². The van der Waals surface area contributed by atoms with Gasteiger partial charge in [0, 0.05) is 114 Å². The number of para-hydroxylation sites is 4. The minimum Gasteiger partial charge on any atom is -0.478 e. The number of aromatic carboxylic acids is 1. The summed E-state index contributed by atoms with van der Waals surface area (Å²) < 4.78 is 15.6. The monoisotopic (exact) mass is 1550 g/mol. The number of Topliss-reactive ketones (excluding diaryl/α,β-unsaturated/α-hetero) is 1. The van der Waals surface area contributed by atoms with Gasteiger partial charge in [0.05, 0.1) is 45.4 Å². The second-order valence-electron chi connectivity index (χ2n) is 29.0. The molecule has 21 heteroatoms. The summed E-state index contributed by atoms with van der Waals surface area (Å²) in [5, 5.41) is 12.0. The first-order chi connectivity index (χ1) is 54.1. The number of nitrogens with two attached hydrogens (primary N) is 1. The molecule has 7 aromatic carbocycles. The number of halogens is 1. The Balaban J connectivity index is 0.000000163. The molecule has 20 nitrogen and oxygen atoms in total. The van der Waals surface area contributed by atoms with Crippen LogP contribution in [0.15, 0.2) is 240 Å². The number of nitrogens with one attached hydrogen (secondary N) is 3. The number of carbonyl (C=O) groups is 8. The van der Waals surface area contributed by atoms with Crippen LogP contribution in [0.5, 0.6) is 0 Å². The number of benzene rings is 7. The highest BCUT2D eigenvalue weighted by molar-refractivity contribution is 6.67. The maximum absolute atomic E-state index is 13.3. The Morgan fingerprint density at radius 1 is 0.465 bits per heavy atom. The normalized spacial score (nSPS) is 11.4. The Bertz CT molecular complexity index is 6030. The molecule has 0 unspecified atom stereocenters. The summed E-state index contributed by atoms with van der Waals surface area (Å²) in [5.41, 5.74) is 18.3. The second kappa shape index (κ2) is 37.2. The highest BCUT2D eigenvalue weighted by Crippen LogP contribution is 2.33. The lowest BCUT2D eigenvalue weighted by Crippen LogP contribution is -2.24. The number of aromatic amines is 3. The van der Waals surface area contributed by atoms with Crippen molar-refractivity contribution in [1.82, 2.24) is 28.7 Å². The van der Waals surface area contributed by atoms with Crippen molar-refractivity contribution < 1.29 is 52.9 Å². The van der Waals surface area contributed by atoms with Crippen molar-refractivity contribution in [3.8, 4) is 0 Å². The fraction of sp³-hybridized carbons (Fsp3) is 0.204. The van der Waals surface area contributed by atoms with Crippen molar-refractivity contribution in [2.45, 2.75) is 128 Å². The lowest BCUT2D eigenvalue weighted by Gasteiger charge is -2.19. The molecule has 1 aliphatic carbocycles. The Kier molecular flexibility index (Phi) is 27.6. The molecule has 0 saturated carbocycles. The number of esters is 2. The first-order valence-electron chi connectivity index (χ1n) is 36.8. The van der Waals surface area contributed by atoms with E-state index in [9.17, 15) is 53.1 Å². The number of hydrogen-bond donors (Lipinski definition) is 5. The van der Waals surface area contributed by atoms with E-state index in [0.29, 0.717) is 102 Å². The van der Waals surface area contributed by atoms with Gasteiger partial charge in [-0.05, 0) is 187 Å². The molecule has 14 rings (SSSR count). The molecule has 0 amide bonds. The number of nitrogens with zero attached hydrogens (tertiary/aromatic N) is 3. The van der Waals surface area contributed by atoms with Crippen molar-refractivity contribution in [3.63, 3.8) is 0 Å². The molecule has 0 atom stereocenters. The van der Waals surface area contributed by atoms with Gasteiger partial charge in [0.15, 0.2) is 11.4 Å². The molecule has 13 aromatic rings. The minimum atomic E-state index is -1.03. The van der Waals surface area contributed by atoms with Crippen LogP contribution in [-0.2, 0) is 22.4 Å². The van der Waals surface area contributed by atoms with Crippen LogP contribution in [0.3, 0.4) is 0 Å². The number of carbonyl (C=O) groups excluding carboxylic acids is 7. The van der Waals surface area contributed by atoms with E-state index in [0.717, 1.165) is 49.9 Å². The maximum atomic E-state index is 13.3. The van der Waals surface area contributed by atoms with Gasteiger partial charge >= 0.3 is 17.9 Å². The van der Waals surface area contributed by atoms with Gasteiger partial charge < -0.3 is 35.3 Å². The predicted molar refractivity (Wildman–Crippen MR) is 449 cm³/mol. The number of allylic oxidation sites excluding steroid dienone is 6. The highest BCUT2D eigenvalue weighted by atomic mass is 35.5. The van der Waals surface area contributed by atoms with Crippen LogP contribution in [0, 0.1) is 61.5 Å². The van der Waals surface area contributed by atoms with Crippen molar-refractivity contribution in [2.75, 3.05) is 0 Å². The van der Waals surface area contributed by atoms with Crippen LogP contribution < -0.4 is 16.9 Å². The van der Waals surface area contributed by atoms with Gasteiger partial charge in [-0.15, -0.1) is 0 Å². The number of rotatable bonds is 12. The van der Waals surface area contributed by atoms with E-state index in [1.165, 1.54) is 4.57 Å². The maximum Gasteiger partial charge on any atom is 0.341 e. The number of carboxylic acid groups (broad SMARTS) is 1. The van der Waals surface area contributed by atoms with Crippen LogP contribution in [0.2, 0.25) is 0 Å². The van der Waals surface area contributed by atoms with E-state index in [1.807, 2.05) is 204 Å². The standard InChI is InChI=1S/C26H24N2O3.C21H21NO3.C17H11NO3.C14H17NO2.C8H12N2O.C7H5ClO/c1-16-15-17(2)27-25(30)20(16)13-14-23(29)24-18(3)28(22-12-8-7-11-21(22)24)26(31)19-9-5-4-6-10-19;1-14-18(20(24)25-21(2,3)4)16-12-8-9-13-17(16)22(14)19(23)15-10-6-5-7-11-15;1-11-15(17(20)21)13-9-5-6-10-14(13)18(11)16(19)12-7-3-2-4-8-12;1-9-12(13(16)17-14(2,3)4)10-7-5-6-8-11(10)15-9;1-5-3-6(2)10-8(11)7(5)4-9;8-7(9)6-4-2-1-3-5-6/h4-12,15H,13-14H2,1-3H3,(H,27,30);5-13H,1-4H3;3-10H,1H3;5-8,15H,1-4H3;3H,4,9H2,1-2H3,(H,10,11);1-5H/p+1. The smallest absolute Gasteiger partial charge is 0.341 e. The Morgan fingerprint density at radius 3 is 1.27 bits per heavy atom. The molecule has 1 aliphatic rings. The van der Waals surface area contributed by atoms with Crippen LogP contribution in [0.1, 0.15) is 182 Å². The van der Waals surface area contributed by atoms with Gasteiger partial charge in [-0.2, -0.15) is 0 Å². The molecule has 6 N–H and O–H groups in total. The number of hydrogen-bond acceptors (Lipinski definition) is 13. The number of H-pyrrole nitrogens is 3. The summed E-state index contributed by atoms with van der Waals surface area (Å²) >= 11 is 5.16. The van der Waals surface area contributed by atoms with Crippen LogP contribution in [0.4, 0.5) is 0 Å². The van der Waals surface area contributed by atoms with Crippen molar-refractivity contribution in [1.29, 1.82) is 0 Å². The number of pyridine rings is 2. The van der Waals surface area contributed by atoms with Crippen LogP contribution in [-0.4, -0.2) is 91.6 Å². The first kappa shape index (κ1) is 84.8. The molecular weight excluding hydrogens is 1460 g/mol. The largest absolute Gasteiger partial charge is 0.478 e. The fourth-order valence-electron chi connectivity index (χ4n) is 13.3. The molecule has 114 heavy (non-hydrogen) atoms. The van der Waals surface area contributed by atoms with Gasteiger partial charge in [-0.1, -0.05) is 140 Å². The minimum absolute atomic E-state index is 0.0648. The molecule has 6 aromatic heterocycles. The van der Waals surface area contributed by atoms with E-state index in [2.05, 4.69) is 21.0 Å². The average molecular weight is 1550 g/mol. The Hall–Kier alpha value is -13.3. The molecular formula is C93H91ClN7O13+. The summed E-state index contributed by atoms with van der Waals surface area (Å²) in [6.07, 6.45) is 10.1. The van der Waals surface area contributed by atoms with Crippen molar-refractivity contribution >= 4 is 102 Å². The van der Waals surface area contributed by atoms with Crippen LogP contribution in [0.25, 0.3) is 43.6 Å². The SMILES string of the molecule is Cc1[nH]c2ccccc2c1C(=O)OC(C)(C)C.Cc1c(C(=O)O)c2ccccc2n1C(=O)C1=CC=[C+]C=C1.Cc1c(C(=O)OC(C)(C)C)c2ccccc2n1C(=O)c1ccccc1.Cc1cc(C)c(CCC(=O)c2c(C)n(C(=O)c3ccccc3)c3ccccc23)c(=O)[nH]1.Cc1cc(C)c(CN)c(=O)[nH]1.O=C(Cl)c1ccccc1. The van der Waals surface area contributed by atoms with Crippen molar-refractivity contribution in [3.05, 3.63) is 352 Å². The number of ether oxygens (including phenoxy) is 2. The summed E-state index contributed by atoms with van der Waals surface area (Å²) in [6, 6.07) is 60.3. The van der Waals surface area contributed by atoms with E-state index in [1.54, 1.807) is 127 Å². The highest BCUT2D eigenvalue weighted by Gasteiger charge is 2.30. The molecule has 0 fully saturated rings. The molecule has 6 heterocycles. The predicted octanol–water partition coefficient (Wildman–Crippen LogP) is 18.4. The number of carboxylic acids is 1. The van der Waals surface area contributed by atoms with Gasteiger partial charge in [0.1, 0.15) is 23.4 Å². The summed E-state index contributed by atoms with van der Waals surface area (Å²) in [4.78, 5) is 131. The fourth-order valence-corrected chi connectivity index (χ4v) is 13.4. The lowest BCUT2D eigenvalue weighted by molar-refractivity contribution is 0.00581. The third-order valence-electron chi connectivity index (χ3n) is 18.3. The average Bonchev–Trinajstić information content (AvgIpc) is 1.61. The summed E-state index contributed by atoms with van der Waals surface area (Å²) in [5.74, 6) is -2.37. The molecule has 0 aliphatic heterocycles. The van der Waals surface area contributed by atoms with Crippen molar-refractivity contribution in [2.24, 2.45) is 5.73 Å². The van der Waals surface area contributed by atoms with Gasteiger partial charge in [-0.3, -0.25) is 47.3 Å². The Labute approximate surface area is 665 Å².